The molecule has 0 saturated carbocycles. The van der Waals surface area contributed by atoms with Gasteiger partial charge in [0.1, 0.15) is 18.1 Å². The average Bonchev–Trinajstić information content (AvgIpc) is 2.90. The van der Waals surface area contributed by atoms with E-state index in [0.29, 0.717) is 54.6 Å². The van der Waals surface area contributed by atoms with Crippen molar-refractivity contribution in [2.75, 3.05) is 37.6 Å². The number of carbonyl (C=O) groups is 2. The highest BCUT2D eigenvalue weighted by Crippen LogP contribution is 2.36. The first-order valence-corrected chi connectivity index (χ1v) is 11.8. The molecule has 0 fully saturated rings. The maximum Gasteiger partial charge on any atom is 0.267 e. The topological polar surface area (TPSA) is 86.3 Å². The van der Waals surface area contributed by atoms with Gasteiger partial charge in [-0.15, -0.1) is 0 Å². The minimum Gasteiger partial charge on any atom is -0.493 e. The smallest absolute Gasteiger partial charge is 0.267 e. The number of hydrogen-bond acceptors (Lipinski definition) is 6. The van der Waals surface area contributed by atoms with Crippen LogP contribution in [0.25, 0.3) is 0 Å². The van der Waals surface area contributed by atoms with Gasteiger partial charge < -0.3 is 29.2 Å². The monoisotopic (exact) mass is 490 g/mol. The first-order valence-electron chi connectivity index (χ1n) is 11.8. The summed E-state index contributed by atoms with van der Waals surface area (Å²) in [5, 5.41) is 2.92. The molecule has 0 bridgehead atoms. The number of nitrogens with one attached hydrogen (secondary N) is 1. The molecule has 1 atom stereocenters. The molecular formula is C28H30N2O6. The van der Waals surface area contributed by atoms with E-state index < -0.39 is 6.10 Å². The molecule has 0 spiro atoms. The van der Waals surface area contributed by atoms with Crippen molar-refractivity contribution in [3.05, 3.63) is 72.3 Å². The second-order valence-electron chi connectivity index (χ2n) is 8.33. The Morgan fingerprint density at radius 1 is 1.00 bits per heavy atom. The second kappa shape index (κ2) is 11.5. The standard InChI is InChI=1S/C28H30N2O6/c1-19-28(32)30(15-16-35-22-7-5-4-6-8-22)23-12-11-21(18-25(23)36-19)29-27(31)14-10-20-9-13-24(33-2)26(17-20)34-3/h4-9,11-13,17-19H,10,14-16H2,1-3H3,(H,29,31). The summed E-state index contributed by atoms with van der Waals surface area (Å²) in [5.74, 6) is 2.30. The number of ether oxygens (including phenoxy) is 4. The Kier molecular flexibility index (Phi) is 7.95. The Balaban J connectivity index is 1.37. The summed E-state index contributed by atoms with van der Waals surface area (Å²) in [6, 6.07) is 20.4. The van der Waals surface area contributed by atoms with Gasteiger partial charge in [-0.3, -0.25) is 9.59 Å². The van der Waals surface area contributed by atoms with E-state index in [1.807, 2.05) is 48.5 Å². The number of carbonyl (C=O) groups excluding carboxylic acids is 2. The van der Waals surface area contributed by atoms with E-state index in [9.17, 15) is 9.59 Å². The zero-order chi connectivity index (χ0) is 25.5. The van der Waals surface area contributed by atoms with E-state index in [2.05, 4.69) is 5.32 Å². The van der Waals surface area contributed by atoms with Gasteiger partial charge in [-0.1, -0.05) is 24.3 Å². The summed E-state index contributed by atoms with van der Waals surface area (Å²) in [7, 11) is 3.17. The molecule has 0 aromatic heterocycles. The number of nitrogens with zero attached hydrogens (tertiary/aromatic N) is 1. The minimum absolute atomic E-state index is 0.127. The number of fused-ring (bicyclic) bond motifs is 1. The molecule has 1 aliphatic heterocycles. The summed E-state index contributed by atoms with van der Waals surface area (Å²) >= 11 is 0. The van der Waals surface area contributed by atoms with Crippen LogP contribution in [0.4, 0.5) is 11.4 Å². The first kappa shape index (κ1) is 24.9. The third-order valence-corrected chi connectivity index (χ3v) is 5.87. The Bertz CT molecular complexity index is 1210. The summed E-state index contributed by atoms with van der Waals surface area (Å²) in [6.07, 6.45) is 0.213. The number of benzene rings is 3. The van der Waals surface area contributed by atoms with Crippen LogP contribution in [0.15, 0.2) is 66.7 Å². The van der Waals surface area contributed by atoms with Gasteiger partial charge >= 0.3 is 0 Å². The lowest BCUT2D eigenvalue weighted by Crippen LogP contribution is -2.46. The Hall–Kier alpha value is -4.20. The fourth-order valence-corrected chi connectivity index (χ4v) is 4.01. The number of aryl methyl sites for hydroxylation is 1. The number of rotatable bonds is 10. The van der Waals surface area contributed by atoms with Gasteiger partial charge in [0.05, 0.1) is 26.5 Å². The molecule has 0 saturated heterocycles. The van der Waals surface area contributed by atoms with Crippen LogP contribution in [0.2, 0.25) is 0 Å². The van der Waals surface area contributed by atoms with Gasteiger partial charge in [0.25, 0.3) is 5.91 Å². The maximum atomic E-state index is 12.8. The summed E-state index contributed by atoms with van der Waals surface area (Å²) in [6.45, 7) is 2.44. The van der Waals surface area contributed by atoms with E-state index in [1.165, 1.54) is 0 Å². The van der Waals surface area contributed by atoms with Crippen molar-refractivity contribution in [3.8, 4) is 23.0 Å². The SMILES string of the molecule is COc1ccc(CCC(=O)Nc2ccc3c(c2)OC(C)C(=O)N3CCOc2ccccc2)cc1OC. The van der Waals surface area contributed by atoms with Crippen molar-refractivity contribution in [1.82, 2.24) is 0 Å². The number of methoxy groups -OCH3 is 2. The first-order chi connectivity index (χ1) is 17.5. The molecule has 1 unspecified atom stereocenters. The van der Waals surface area contributed by atoms with Crippen LogP contribution in [0, 0.1) is 0 Å². The molecule has 1 N–H and O–H groups in total. The van der Waals surface area contributed by atoms with Crippen LogP contribution in [0.1, 0.15) is 18.9 Å². The molecule has 2 amide bonds. The second-order valence-corrected chi connectivity index (χ2v) is 8.33. The predicted octanol–water partition coefficient (Wildman–Crippen LogP) is 4.47. The lowest BCUT2D eigenvalue weighted by atomic mass is 10.1. The van der Waals surface area contributed by atoms with Gasteiger partial charge in [0.2, 0.25) is 5.91 Å². The zero-order valence-corrected chi connectivity index (χ0v) is 20.7. The van der Waals surface area contributed by atoms with Gasteiger partial charge in [0.15, 0.2) is 17.6 Å². The van der Waals surface area contributed by atoms with Gasteiger partial charge in [-0.25, -0.2) is 0 Å². The molecule has 3 aromatic carbocycles. The number of hydrogen-bond donors (Lipinski definition) is 1. The van der Waals surface area contributed by atoms with Crippen LogP contribution >= 0.6 is 0 Å². The molecule has 8 heteroatoms. The molecule has 1 aliphatic rings. The third-order valence-electron chi connectivity index (χ3n) is 5.87. The molecule has 0 aliphatic carbocycles. The molecular weight excluding hydrogens is 460 g/mol. The lowest BCUT2D eigenvalue weighted by molar-refractivity contribution is -0.125. The largest absolute Gasteiger partial charge is 0.493 e. The van der Waals surface area contributed by atoms with Crippen LogP contribution < -0.4 is 29.2 Å². The van der Waals surface area contributed by atoms with Crippen molar-refractivity contribution in [2.45, 2.75) is 25.9 Å². The van der Waals surface area contributed by atoms with Crippen molar-refractivity contribution in [3.63, 3.8) is 0 Å². The normalized spacial score (nSPS) is 14.5. The molecule has 188 valence electrons. The molecule has 8 nitrogen and oxygen atoms in total. The van der Waals surface area contributed by atoms with Crippen LogP contribution in [0.5, 0.6) is 23.0 Å². The third kappa shape index (κ3) is 5.89. The number of para-hydroxylation sites is 1. The summed E-state index contributed by atoms with van der Waals surface area (Å²) < 4.78 is 22.2. The van der Waals surface area contributed by atoms with Crippen LogP contribution in [0.3, 0.4) is 0 Å². The molecule has 3 aromatic rings. The average molecular weight is 491 g/mol. The molecule has 4 rings (SSSR count). The van der Waals surface area contributed by atoms with Gasteiger partial charge in [0, 0.05) is 18.2 Å². The van der Waals surface area contributed by atoms with Crippen molar-refractivity contribution in [1.29, 1.82) is 0 Å². The highest BCUT2D eigenvalue weighted by atomic mass is 16.5. The quantitative estimate of drug-likeness (QED) is 0.451. The van der Waals surface area contributed by atoms with Crippen LogP contribution in [-0.2, 0) is 16.0 Å². The highest BCUT2D eigenvalue weighted by molar-refractivity contribution is 6.00. The maximum absolute atomic E-state index is 12.8. The molecule has 0 radical (unpaired) electrons. The Morgan fingerprint density at radius 3 is 2.53 bits per heavy atom. The van der Waals surface area contributed by atoms with Crippen LogP contribution in [-0.4, -0.2) is 45.3 Å². The molecule has 1 heterocycles. The Labute approximate surface area is 210 Å². The predicted molar refractivity (Wildman–Crippen MR) is 137 cm³/mol. The Morgan fingerprint density at radius 2 is 1.78 bits per heavy atom. The fourth-order valence-electron chi connectivity index (χ4n) is 4.01. The van der Waals surface area contributed by atoms with Gasteiger partial charge in [-0.05, 0) is 55.3 Å². The lowest BCUT2D eigenvalue weighted by Gasteiger charge is -2.33. The highest BCUT2D eigenvalue weighted by Gasteiger charge is 2.31. The molecule has 36 heavy (non-hydrogen) atoms. The van der Waals surface area contributed by atoms with Crippen molar-refractivity contribution >= 4 is 23.2 Å². The number of anilines is 2. The van der Waals surface area contributed by atoms with E-state index in [4.69, 9.17) is 18.9 Å². The zero-order valence-electron chi connectivity index (χ0n) is 20.7. The fraction of sp³-hybridized carbons (Fsp3) is 0.286. The van der Waals surface area contributed by atoms with E-state index in [1.54, 1.807) is 44.2 Å². The van der Waals surface area contributed by atoms with Gasteiger partial charge in [-0.2, -0.15) is 0 Å². The van der Waals surface area contributed by atoms with Crippen molar-refractivity contribution in [2.24, 2.45) is 0 Å². The van der Waals surface area contributed by atoms with E-state index >= 15 is 0 Å². The summed E-state index contributed by atoms with van der Waals surface area (Å²) in [5.41, 5.74) is 2.23. The number of amides is 2. The van der Waals surface area contributed by atoms with E-state index in [0.717, 1.165) is 11.3 Å². The van der Waals surface area contributed by atoms with E-state index in [-0.39, 0.29) is 11.8 Å². The van der Waals surface area contributed by atoms with Crippen molar-refractivity contribution < 1.29 is 28.5 Å². The summed E-state index contributed by atoms with van der Waals surface area (Å²) in [4.78, 5) is 27.0. The minimum atomic E-state index is -0.634.